The van der Waals surface area contributed by atoms with Gasteiger partial charge in [0.2, 0.25) is 5.95 Å². The van der Waals surface area contributed by atoms with Crippen LogP contribution in [0.4, 0.5) is 20.5 Å². The minimum atomic E-state index is -0.643. The van der Waals surface area contributed by atoms with E-state index in [-0.39, 0.29) is 23.2 Å². The Balaban J connectivity index is 1.47. The van der Waals surface area contributed by atoms with Gasteiger partial charge in [0.05, 0.1) is 11.7 Å². The number of halogens is 2. The number of aryl methyl sites for hydroxylation is 1. The summed E-state index contributed by atoms with van der Waals surface area (Å²) < 4.78 is 31.4. The Kier molecular flexibility index (Phi) is 5.33. The number of pyridine rings is 1. The summed E-state index contributed by atoms with van der Waals surface area (Å²) in [7, 11) is 0. The minimum Gasteiger partial charge on any atom is -0.326 e. The van der Waals surface area contributed by atoms with Gasteiger partial charge >= 0.3 is 0 Å². The van der Waals surface area contributed by atoms with Gasteiger partial charge in [-0.3, -0.25) is 0 Å². The molecule has 0 radical (unpaired) electrons. The van der Waals surface area contributed by atoms with Gasteiger partial charge in [-0.1, -0.05) is 6.08 Å². The molecule has 7 nitrogen and oxygen atoms in total. The predicted molar refractivity (Wildman–Crippen MR) is 124 cm³/mol. The van der Waals surface area contributed by atoms with Crippen molar-refractivity contribution in [2.24, 2.45) is 0 Å². The van der Waals surface area contributed by atoms with E-state index >= 15 is 0 Å². The number of hydrogen-bond donors (Lipinski definition) is 2. The molecule has 33 heavy (non-hydrogen) atoms. The maximum absolute atomic E-state index is 14.9. The summed E-state index contributed by atoms with van der Waals surface area (Å²) in [6, 6.07) is 6.78. The van der Waals surface area contributed by atoms with E-state index in [1.54, 1.807) is 18.3 Å². The summed E-state index contributed by atoms with van der Waals surface area (Å²) in [4.78, 5) is 17.0. The molecule has 0 bridgehead atoms. The molecule has 1 saturated heterocycles. The second kappa shape index (κ2) is 8.32. The number of nitrogens with zero attached hydrogens (tertiary/aromatic N) is 5. The number of rotatable bonds is 5. The number of aromatic nitrogens is 5. The summed E-state index contributed by atoms with van der Waals surface area (Å²) >= 11 is 0. The maximum Gasteiger partial charge on any atom is 0.229 e. The Labute approximate surface area is 189 Å². The zero-order valence-electron chi connectivity index (χ0n) is 18.5. The van der Waals surface area contributed by atoms with Crippen LogP contribution in [0.1, 0.15) is 31.3 Å². The van der Waals surface area contributed by atoms with E-state index in [1.807, 2.05) is 31.4 Å². The van der Waals surface area contributed by atoms with E-state index in [0.717, 1.165) is 24.8 Å². The summed E-state index contributed by atoms with van der Waals surface area (Å²) in [6.45, 7) is 7.60. The van der Waals surface area contributed by atoms with Crippen LogP contribution in [0.3, 0.4) is 0 Å². The summed E-state index contributed by atoms with van der Waals surface area (Å²) in [5, 5.41) is 6.19. The van der Waals surface area contributed by atoms with Gasteiger partial charge in [-0.2, -0.15) is 0 Å². The van der Waals surface area contributed by atoms with E-state index in [0.29, 0.717) is 22.7 Å². The van der Waals surface area contributed by atoms with E-state index in [1.165, 1.54) is 11.6 Å². The van der Waals surface area contributed by atoms with E-state index in [2.05, 4.69) is 36.6 Å². The van der Waals surface area contributed by atoms with Crippen LogP contribution in [0.15, 0.2) is 42.2 Å². The molecule has 0 saturated carbocycles. The quantitative estimate of drug-likeness (QED) is 0.458. The number of benzene rings is 1. The second-order valence-electron chi connectivity index (χ2n) is 8.35. The molecule has 1 aliphatic rings. The maximum atomic E-state index is 14.9. The first-order valence-corrected chi connectivity index (χ1v) is 10.7. The topological polar surface area (TPSA) is 80.6 Å². The van der Waals surface area contributed by atoms with Crippen molar-refractivity contribution in [3.05, 3.63) is 65.3 Å². The Morgan fingerprint density at radius 3 is 2.55 bits per heavy atom. The third-order valence-electron chi connectivity index (χ3n) is 5.56. The molecule has 0 atom stereocenters. The Morgan fingerprint density at radius 1 is 1.06 bits per heavy atom. The molecule has 3 aromatic heterocycles. The molecule has 9 heteroatoms. The van der Waals surface area contributed by atoms with Gasteiger partial charge in [0, 0.05) is 30.9 Å². The predicted octanol–water partition coefficient (Wildman–Crippen LogP) is 4.79. The van der Waals surface area contributed by atoms with E-state index in [9.17, 15) is 8.78 Å². The lowest BCUT2D eigenvalue weighted by Gasteiger charge is -2.18. The van der Waals surface area contributed by atoms with Crippen LogP contribution in [-0.4, -0.2) is 37.6 Å². The van der Waals surface area contributed by atoms with Gasteiger partial charge in [0.1, 0.15) is 22.9 Å². The molecule has 4 heterocycles. The third kappa shape index (κ3) is 4.07. The van der Waals surface area contributed by atoms with Gasteiger partial charge < -0.3 is 15.2 Å². The highest BCUT2D eigenvalue weighted by atomic mass is 19.1. The fourth-order valence-electron chi connectivity index (χ4n) is 3.97. The van der Waals surface area contributed by atoms with E-state index in [4.69, 9.17) is 0 Å². The van der Waals surface area contributed by atoms with Crippen LogP contribution in [-0.2, 0) is 0 Å². The fraction of sp³-hybridized carbons (Fsp3) is 0.250. The zero-order valence-corrected chi connectivity index (χ0v) is 18.5. The summed E-state index contributed by atoms with van der Waals surface area (Å²) in [5.41, 5.74) is 3.49. The summed E-state index contributed by atoms with van der Waals surface area (Å²) in [5.74, 6) is 0.223. The van der Waals surface area contributed by atoms with Crippen LogP contribution in [0, 0.1) is 18.6 Å². The largest absolute Gasteiger partial charge is 0.326 e. The van der Waals surface area contributed by atoms with Crippen molar-refractivity contribution >= 4 is 28.9 Å². The molecule has 0 spiro atoms. The lowest BCUT2D eigenvalue weighted by atomic mass is 10.1. The van der Waals surface area contributed by atoms with Gasteiger partial charge in [0.25, 0.3) is 0 Å². The smallest absolute Gasteiger partial charge is 0.229 e. The molecule has 0 aliphatic carbocycles. The Hall–Kier alpha value is -3.72. The molecule has 1 aromatic carbocycles. The SMILES string of the molecule is Cc1nc2c(F)cc(-c3nc(Nc4ccc(C=C5CNC5)cn4)ncc3F)cc2n1C(C)C. The molecule has 2 N–H and O–H groups in total. The van der Waals surface area contributed by atoms with Crippen LogP contribution >= 0.6 is 0 Å². The molecular formula is C24H23F2N7. The van der Waals surface area contributed by atoms with Crippen LogP contribution < -0.4 is 10.6 Å². The number of hydrogen-bond acceptors (Lipinski definition) is 6. The van der Waals surface area contributed by atoms with Gasteiger partial charge in [0.15, 0.2) is 11.6 Å². The van der Waals surface area contributed by atoms with Crippen LogP contribution in [0.5, 0.6) is 0 Å². The highest BCUT2D eigenvalue weighted by molar-refractivity contribution is 5.83. The molecule has 4 aromatic rings. The number of imidazole rings is 1. The minimum absolute atomic E-state index is 0.00120. The number of nitrogens with one attached hydrogen (secondary N) is 2. The zero-order chi connectivity index (χ0) is 23.1. The molecule has 5 rings (SSSR count). The van der Waals surface area contributed by atoms with E-state index < -0.39 is 11.6 Å². The fourth-order valence-corrected chi connectivity index (χ4v) is 3.97. The average molecular weight is 447 g/mol. The monoisotopic (exact) mass is 447 g/mol. The van der Waals surface area contributed by atoms with Crippen molar-refractivity contribution in [3.63, 3.8) is 0 Å². The van der Waals surface area contributed by atoms with Gasteiger partial charge in [-0.15, -0.1) is 0 Å². The molecule has 1 fully saturated rings. The van der Waals surface area contributed by atoms with Gasteiger partial charge in [-0.05, 0) is 56.2 Å². The van der Waals surface area contributed by atoms with Crippen molar-refractivity contribution in [2.45, 2.75) is 26.8 Å². The lowest BCUT2D eigenvalue weighted by molar-refractivity contribution is 0.600. The molecular weight excluding hydrogens is 424 g/mol. The standard InChI is InChI=1S/C24H23F2N7/c1-13(2)33-14(3)30-23-18(25)7-17(8-20(23)33)22-19(26)12-29-24(32-22)31-21-5-4-15(11-28-21)6-16-9-27-10-16/h4-8,11-13,27H,9-10H2,1-3H3,(H,28,29,31,32). The van der Waals surface area contributed by atoms with Crippen molar-refractivity contribution in [2.75, 3.05) is 18.4 Å². The molecule has 0 amide bonds. The molecule has 0 unspecified atom stereocenters. The Morgan fingerprint density at radius 2 is 1.88 bits per heavy atom. The van der Waals surface area contributed by atoms with Crippen LogP contribution in [0.2, 0.25) is 0 Å². The van der Waals surface area contributed by atoms with Crippen molar-refractivity contribution in [1.29, 1.82) is 0 Å². The first-order chi connectivity index (χ1) is 15.9. The number of fused-ring (bicyclic) bond motifs is 1. The number of anilines is 2. The molecule has 1 aliphatic heterocycles. The van der Waals surface area contributed by atoms with Crippen molar-refractivity contribution in [3.8, 4) is 11.3 Å². The van der Waals surface area contributed by atoms with Crippen molar-refractivity contribution in [1.82, 2.24) is 29.8 Å². The molecule has 168 valence electrons. The first kappa shape index (κ1) is 21.1. The second-order valence-corrected chi connectivity index (χ2v) is 8.35. The van der Waals surface area contributed by atoms with Crippen LogP contribution in [0.25, 0.3) is 28.4 Å². The first-order valence-electron chi connectivity index (χ1n) is 10.7. The average Bonchev–Trinajstić information content (AvgIpc) is 3.10. The Bertz CT molecular complexity index is 1370. The lowest BCUT2D eigenvalue weighted by Crippen LogP contribution is -2.33. The third-order valence-corrected chi connectivity index (χ3v) is 5.56. The highest BCUT2D eigenvalue weighted by Crippen LogP contribution is 2.30. The van der Waals surface area contributed by atoms with Gasteiger partial charge in [-0.25, -0.2) is 28.7 Å². The highest BCUT2D eigenvalue weighted by Gasteiger charge is 2.18. The normalized spacial score (nSPS) is 13.5. The summed E-state index contributed by atoms with van der Waals surface area (Å²) in [6.07, 6.45) is 4.91. The van der Waals surface area contributed by atoms with Crippen molar-refractivity contribution < 1.29 is 8.78 Å².